The van der Waals surface area contributed by atoms with E-state index in [-0.39, 0.29) is 10.9 Å². The molecule has 0 spiro atoms. The maximum absolute atomic E-state index is 13.5. The Labute approximate surface area is 86.9 Å². The molecule has 0 saturated carbocycles. The zero-order valence-electron chi connectivity index (χ0n) is 8.67. The van der Waals surface area contributed by atoms with Gasteiger partial charge in [0.25, 0.3) is 5.69 Å². The lowest BCUT2D eigenvalue weighted by atomic mass is 10.3. The third kappa shape index (κ3) is 2.20. The van der Waals surface area contributed by atoms with Crippen LogP contribution in [-0.4, -0.2) is 13.0 Å². The molecule has 0 aliphatic rings. The van der Waals surface area contributed by atoms with Crippen LogP contribution < -0.4 is 5.19 Å². The summed E-state index contributed by atoms with van der Waals surface area (Å²) in [7, 11) is -2.27. The molecule has 0 saturated heterocycles. The van der Waals surface area contributed by atoms with E-state index in [2.05, 4.69) is 0 Å². The Morgan fingerprint density at radius 3 is 2.20 bits per heavy atom. The van der Waals surface area contributed by atoms with Crippen molar-refractivity contribution in [1.82, 2.24) is 0 Å². The molecule has 1 aromatic rings. The molecule has 0 bridgehead atoms. The van der Waals surface area contributed by atoms with E-state index >= 15 is 0 Å². The third-order valence-corrected chi connectivity index (χ3v) is 4.00. The molecule has 6 heteroatoms. The SMILES string of the molecule is C[Si](C)(C)c1c([N+](=O)[O-])ccc(F)c1F. The van der Waals surface area contributed by atoms with Crippen molar-refractivity contribution in [3.63, 3.8) is 0 Å². The molecule has 0 radical (unpaired) electrons. The van der Waals surface area contributed by atoms with Gasteiger partial charge in [0.1, 0.15) is 0 Å². The molecule has 0 aliphatic carbocycles. The van der Waals surface area contributed by atoms with Crippen LogP contribution in [0.4, 0.5) is 14.5 Å². The molecular formula is C9H11F2NO2Si. The first-order valence-corrected chi connectivity index (χ1v) is 7.88. The number of benzene rings is 1. The van der Waals surface area contributed by atoms with Crippen LogP contribution in [0, 0.1) is 21.7 Å². The number of nitro groups is 1. The van der Waals surface area contributed by atoms with Crippen LogP contribution in [0.25, 0.3) is 0 Å². The summed E-state index contributed by atoms with van der Waals surface area (Å²) in [4.78, 5) is 10.0. The number of halogens is 2. The van der Waals surface area contributed by atoms with E-state index in [1.165, 1.54) is 0 Å². The number of hydrogen-bond donors (Lipinski definition) is 0. The highest BCUT2D eigenvalue weighted by Crippen LogP contribution is 2.18. The second kappa shape index (κ2) is 3.69. The molecule has 0 amide bonds. The van der Waals surface area contributed by atoms with E-state index in [4.69, 9.17) is 0 Å². The van der Waals surface area contributed by atoms with Gasteiger partial charge in [-0.25, -0.2) is 8.78 Å². The monoisotopic (exact) mass is 231 g/mol. The smallest absolute Gasteiger partial charge is 0.258 e. The molecule has 0 N–H and O–H groups in total. The average Bonchev–Trinajstić information content (AvgIpc) is 2.06. The second-order valence-electron chi connectivity index (χ2n) is 4.26. The van der Waals surface area contributed by atoms with Crippen LogP contribution in [0.15, 0.2) is 12.1 Å². The Morgan fingerprint density at radius 1 is 1.27 bits per heavy atom. The molecule has 15 heavy (non-hydrogen) atoms. The van der Waals surface area contributed by atoms with Gasteiger partial charge in [-0.3, -0.25) is 10.1 Å². The standard InChI is InChI=1S/C9H11F2NO2Si/c1-15(2,3)9-7(12(13)14)5-4-6(10)8(9)11/h4-5H,1-3H3. The molecule has 1 aromatic carbocycles. The molecule has 0 fully saturated rings. The van der Waals surface area contributed by atoms with Gasteiger partial charge in [0, 0.05) is 6.07 Å². The lowest BCUT2D eigenvalue weighted by Crippen LogP contribution is -2.42. The highest BCUT2D eigenvalue weighted by molar-refractivity contribution is 6.89. The summed E-state index contributed by atoms with van der Waals surface area (Å²) in [6.45, 7) is 5.20. The predicted octanol–water partition coefficient (Wildman–Crippen LogP) is 2.42. The summed E-state index contributed by atoms with van der Waals surface area (Å²) in [6, 6.07) is 1.81. The lowest BCUT2D eigenvalue weighted by Gasteiger charge is -2.17. The van der Waals surface area contributed by atoms with E-state index in [0.29, 0.717) is 0 Å². The Hall–Kier alpha value is -1.30. The van der Waals surface area contributed by atoms with Gasteiger partial charge < -0.3 is 0 Å². The molecular weight excluding hydrogens is 220 g/mol. The van der Waals surface area contributed by atoms with Crippen molar-refractivity contribution < 1.29 is 13.7 Å². The minimum atomic E-state index is -2.27. The summed E-state index contributed by atoms with van der Waals surface area (Å²) in [5.74, 6) is -2.11. The van der Waals surface area contributed by atoms with Crippen molar-refractivity contribution in [3.05, 3.63) is 33.9 Å². The number of rotatable bonds is 2. The minimum absolute atomic E-state index is 0.0625. The lowest BCUT2D eigenvalue weighted by molar-refractivity contribution is -0.383. The van der Waals surface area contributed by atoms with Gasteiger partial charge in [-0.05, 0) is 6.07 Å². The molecule has 0 unspecified atom stereocenters. The molecule has 1 rings (SSSR count). The largest absolute Gasteiger partial charge is 0.271 e. The van der Waals surface area contributed by atoms with Crippen LogP contribution in [-0.2, 0) is 0 Å². The fourth-order valence-electron chi connectivity index (χ4n) is 1.41. The zero-order valence-corrected chi connectivity index (χ0v) is 9.67. The van der Waals surface area contributed by atoms with Crippen molar-refractivity contribution in [2.24, 2.45) is 0 Å². The zero-order chi connectivity index (χ0) is 11.8. The Kier molecular flexibility index (Phi) is 2.90. The topological polar surface area (TPSA) is 43.1 Å². The van der Waals surface area contributed by atoms with Gasteiger partial charge in [-0.1, -0.05) is 19.6 Å². The highest BCUT2D eigenvalue weighted by Gasteiger charge is 2.31. The first-order chi connectivity index (χ1) is 6.75. The molecule has 0 aromatic heterocycles. The normalized spacial score (nSPS) is 11.5. The maximum atomic E-state index is 13.5. The van der Waals surface area contributed by atoms with Crippen LogP contribution in [0.1, 0.15) is 0 Å². The average molecular weight is 231 g/mol. The quantitative estimate of drug-likeness (QED) is 0.445. The van der Waals surface area contributed by atoms with Gasteiger partial charge in [0.05, 0.1) is 18.2 Å². The van der Waals surface area contributed by atoms with E-state index in [0.717, 1.165) is 12.1 Å². The van der Waals surface area contributed by atoms with Crippen LogP contribution in [0.5, 0.6) is 0 Å². The van der Waals surface area contributed by atoms with Crippen molar-refractivity contribution in [2.45, 2.75) is 19.6 Å². The van der Waals surface area contributed by atoms with E-state index in [1.807, 2.05) is 0 Å². The van der Waals surface area contributed by atoms with Crippen molar-refractivity contribution in [3.8, 4) is 0 Å². The number of nitrogens with zero attached hydrogens (tertiary/aromatic N) is 1. The van der Waals surface area contributed by atoms with Gasteiger partial charge >= 0.3 is 0 Å². The fraction of sp³-hybridized carbons (Fsp3) is 0.333. The molecule has 0 aliphatic heterocycles. The first-order valence-electron chi connectivity index (χ1n) is 4.38. The predicted molar refractivity (Wildman–Crippen MR) is 56.0 cm³/mol. The van der Waals surface area contributed by atoms with Crippen LogP contribution in [0.2, 0.25) is 19.6 Å². The Bertz CT molecular complexity index is 415. The van der Waals surface area contributed by atoms with Gasteiger partial charge in [0.2, 0.25) is 0 Å². The fourth-order valence-corrected chi connectivity index (χ4v) is 3.13. The van der Waals surface area contributed by atoms with E-state index in [9.17, 15) is 18.9 Å². The van der Waals surface area contributed by atoms with E-state index < -0.39 is 24.6 Å². The molecule has 0 heterocycles. The summed E-state index contributed by atoms with van der Waals surface area (Å²) < 4.78 is 26.5. The Balaban J connectivity index is 3.57. The van der Waals surface area contributed by atoms with Gasteiger partial charge in [0.15, 0.2) is 11.6 Å². The molecule has 3 nitrogen and oxygen atoms in total. The second-order valence-corrected chi connectivity index (χ2v) is 9.26. The summed E-state index contributed by atoms with van der Waals surface area (Å²) in [5.41, 5.74) is -0.326. The highest BCUT2D eigenvalue weighted by atomic mass is 28.3. The van der Waals surface area contributed by atoms with Crippen molar-refractivity contribution in [1.29, 1.82) is 0 Å². The van der Waals surface area contributed by atoms with Gasteiger partial charge in [-0.15, -0.1) is 0 Å². The number of hydrogen-bond acceptors (Lipinski definition) is 2. The van der Waals surface area contributed by atoms with E-state index in [1.54, 1.807) is 19.6 Å². The van der Waals surface area contributed by atoms with Crippen LogP contribution in [0.3, 0.4) is 0 Å². The maximum Gasteiger partial charge on any atom is 0.271 e. The number of nitro benzene ring substituents is 1. The van der Waals surface area contributed by atoms with Crippen molar-refractivity contribution >= 4 is 18.9 Å². The molecule has 0 atom stereocenters. The minimum Gasteiger partial charge on any atom is -0.258 e. The first kappa shape index (κ1) is 11.8. The molecule has 82 valence electrons. The summed E-state index contributed by atoms with van der Waals surface area (Å²) in [6.07, 6.45) is 0. The van der Waals surface area contributed by atoms with Crippen LogP contribution >= 0.6 is 0 Å². The summed E-state index contributed by atoms with van der Waals surface area (Å²) in [5, 5.41) is 10.6. The van der Waals surface area contributed by atoms with Gasteiger partial charge in [-0.2, -0.15) is 0 Å². The summed E-state index contributed by atoms with van der Waals surface area (Å²) >= 11 is 0. The third-order valence-electron chi connectivity index (χ3n) is 2.02. The van der Waals surface area contributed by atoms with Crippen molar-refractivity contribution in [2.75, 3.05) is 0 Å². The Morgan fingerprint density at radius 2 is 1.80 bits per heavy atom.